The van der Waals surface area contributed by atoms with Crippen LogP contribution < -0.4 is 5.56 Å². The molecule has 0 aliphatic carbocycles. The molecule has 2 aromatic heterocycles. The molecule has 3 aromatic rings. The van der Waals surface area contributed by atoms with Crippen molar-refractivity contribution >= 4 is 16.8 Å². The monoisotopic (exact) mass is 379 g/mol. The van der Waals surface area contributed by atoms with Crippen molar-refractivity contribution in [2.75, 3.05) is 27.2 Å². The SMILES string of the molecule is CN(C)CCN(Cc1cccnc1)C(=O)CCn1cnc2ccccc2c1=O. The van der Waals surface area contributed by atoms with E-state index in [1.807, 2.05) is 54.2 Å². The molecule has 7 heteroatoms. The minimum Gasteiger partial charge on any atom is -0.337 e. The Hall–Kier alpha value is -3.06. The van der Waals surface area contributed by atoms with E-state index in [9.17, 15) is 9.59 Å². The lowest BCUT2D eigenvalue weighted by Gasteiger charge is -2.24. The van der Waals surface area contributed by atoms with E-state index >= 15 is 0 Å². The van der Waals surface area contributed by atoms with E-state index in [-0.39, 0.29) is 17.9 Å². The summed E-state index contributed by atoms with van der Waals surface area (Å²) in [6, 6.07) is 11.1. The minimum absolute atomic E-state index is 0.00533. The van der Waals surface area contributed by atoms with Gasteiger partial charge in [0.25, 0.3) is 5.56 Å². The topological polar surface area (TPSA) is 71.3 Å². The highest BCUT2D eigenvalue weighted by Gasteiger charge is 2.15. The van der Waals surface area contributed by atoms with Crippen molar-refractivity contribution in [1.29, 1.82) is 0 Å². The average Bonchev–Trinajstić information content (AvgIpc) is 2.71. The van der Waals surface area contributed by atoms with Crippen LogP contribution in [0.4, 0.5) is 0 Å². The Bertz CT molecular complexity index is 985. The molecule has 0 aliphatic rings. The van der Waals surface area contributed by atoms with Gasteiger partial charge in [0.05, 0.1) is 17.2 Å². The van der Waals surface area contributed by atoms with Crippen molar-refractivity contribution in [1.82, 2.24) is 24.3 Å². The van der Waals surface area contributed by atoms with Gasteiger partial charge in [-0.3, -0.25) is 19.1 Å². The Balaban J connectivity index is 1.70. The quantitative estimate of drug-likeness (QED) is 0.597. The van der Waals surface area contributed by atoms with Gasteiger partial charge in [-0.05, 0) is 37.9 Å². The Morgan fingerprint density at radius 1 is 1.11 bits per heavy atom. The number of pyridine rings is 1. The molecule has 0 radical (unpaired) electrons. The highest BCUT2D eigenvalue weighted by atomic mass is 16.2. The molecular weight excluding hydrogens is 354 g/mol. The number of aromatic nitrogens is 3. The van der Waals surface area contributed by atoms with Crippen molar-refractivity contribution in [3.05, 3.63) is 71.0 Å². The zero-order valence-electron chi connectivity index (χ0n) is 16.3. The molecule has 7 nitrogen and oxygen atoms in total. The molecule has 0 atom stereocenters. The summed E-state index contributed by atoms with van der Waals surface area (Å²) in [5.41, 5.74) is 1.53. The standard InChI is InChI=1S/C21H25N5O2/c1-24(2)12-13-25(15-17-6-5-10-22-14-17)20(27)9-11-26-16-23-19-8-4-3-7-18(19)21(26)28/h3-8,10,14,16H,9,11-13,15H2,1-2H3. The highest BCUT2D eigenvalue weighted by Crippen LogP contribution is 2.08. The first-order valence-electron chi connectivity index (χ1n) is 9.30. The van der Waals surface area contributed by atoms with Crippen molar-refractivity contribution in [2.45, 2.75) is 19.5 Å². The van der Waals surface area contributed by atoms with Crippen molar-refractivity contribution in [2.24, 2.45) is 0 Å². The van der Waals surface area contributed by atoms with Gasteiger partial charge < -0.3 is 9.80 Å². The summed E-state index contributed by atoms with van der Waals surface area (Å²) in [5.74, 6) is 0.00533. The van der Waals surface area contributed by atoms with Gasteiger partial charge in [-0.2, -0.15) is 0 Å². The van der Waals surface area contributed by atoms with Crippen LogP contribution in [-0.4, -0.2) is 57.4 Å². The summed E-state index contributed by atoms with van der Waals surface area (Å²) in [4.78, 5) is 37.8. The summed E-state index contributed by atoms with van der Waals surface area (Å²) in [6.45, 7) is 2.20. The zero-order chi connectivity index (χ0) is 19.9. The van der Waals surface area contributed by atoms with Gasteiger partial charge in [-0.15, -0.1) is 0 Å². The predicted molar refractivity (Wildman–Crippen MR) is 109 cm³/mol. The zero-order valence-corrected chi connectivity index (χ0v) is 16.3. The fourth-order valence-corrected chi connectivity index (χ4v) is 2.96. The summed E-state index contributed by atoms with van der Waals surface area (Å²) in [6.07, 6.45) is 5.25. The molecule has 0 aliphatic heterocycles. The maximum atomic E-state index is 12.9. The molecule has 146 valence electrons. The second-order valence-electron chi connectivity index (χ2n) is 6.99. The third-order valence-corrected chi connectivity index (χ3v) is 4.56. The van der Waals surface area contributed by atoms with Crippen LogP contribution in [0.15, 0.2) is 59.9 Å². The summed E-state index contributed by atoms with van der Waals surface area (Å²) in [5, 5.41) is 0.567. The number of carbonyl (C=O) groups is 1. The van der Waals surface area contributed by atoms with E-state index in [2.05, 4.69) is 9.97 Å². The van der Waals surface area contributed by atoms with Gasteiger partial charge in [-0.25, -0.2) is 4.98 Å². The third-order valence-electron chi connectivity index (χ3n) is 4.56. The van der Waals surface area contributed by atoms with Crippen LogP contribution >= 0.6 is 0 Å². The lowest BCUT2D eigenvalue weighted by Crippen LogP contribution is -2.37. The van der Waals surface area contributed by atoms with Crippen LogP contribution in [0.25, 0.3) is 10.9 Å². The number of fused-ring (bicyclic) bond motifs is 1. The van der Waals surface area contributed by atoms with E-state index < -0.39 is 0 Å². The molecule has 0 bridgehead atoms. The van der Waals surface area contributed by atoms with E-state index in [1.54, 1.807) is 18.5 Å². The molecule has 1 amide bonds. The molecule has 0 fully saturated rings. The normalized spacial score (nSPS) is 11.1. The molecule has 0 spiro atoms. The maximum absolute atomic E-state index is 12.9. The van der Waals surface area contributed by atoms with Gasteiger partial charge in [0.1, 0.15) is 0 Å². The second kappa shape index (κ2) is 9.23. The van der Waals surface area contributed by atoms with E-state index in [0.29, 0.717) is 30.5 Å². The van der Waals surface area contributed by atoms with Crippen molar-refractivity contribution in [3.8, 4) is 0 Å². The van der Waals surface area contributed by atoms with Crippen LogP contribution in [0, 0.1) is 0 Å². The number of carbonyl (C=O) groups excluding carboxylic acids is 1. The van der Waals surface area contributed by atoms with Crippen LogP contribution in [0.2, 0.25) is 0 Å². The lowest BCUT2D eigenvalue weighted by molar-refractivity contribution is -0.132. The highest BCUT2D eigenvalue weighted by molar-refractivity contribution is 5.77. The number of likely N-dealkylation sites (N-methyl/N-ethyl adjacent to an activating group) is 1. The van der Waals surface area contributed by atoms with E-state index in [1.165, 1.54) is 10.9 Å². The lowest BCUT2D eigenvalue weighted by atomic mass is 10.2. The number of rotatable bonds is 8. The third kappa shape index (κ3) is 5.01. The molecule has 28 heavy (non-hydrogen) atoms. The van der Waals surface area contributed by atoms with Crippen LogP contribution in [0.3, 0.4) is 0 Å². The predicted octanol–water partition coefficient (Wildman–Crippen LogP) is 1.77. The summed E-state index contributed by atoms with van der Waals surface area (Å²) < 4.78 is 1.51. The molecule has 3 rings (SSSR count). The Morgan fingerprint density at radius 2 is 1.93 bits per heavy atom. The van der Waals surface area contributed by atoms with Gasteiger partial charge in [0.2, 0.25) is 5.91 Å². The molecule has 0 unspecified atom stereocenters. The molecule has 1 aromatic carbocycles. The first-order chi connectivity index (χ1) is 13.5. The van der Waals surface area contributed by atoms with Crippen LogP contribution in [0.1, 0.15) is 12.0 Å². The fourth-order valence-electron chi connectivity index (χ4n) is 2.96. The van der Waals surface area contributed by atoms with Crippen LogP contribution in [0.5, 0.6) is 0 Å². The number of nitrogens with zero attached hydrogens (tertiary/aromatic N) is 5. The molecule has 0 saturated carbocycles. The molecule has 0 saturated heterocycles. The Kier molecular flexibility index (Phi) is 6.49. The van der Waals surface area contributed by atoms with Gasteiger partial charge >= 0.3 is 0 Å². The number of amides is 1. The Morgan fingerprint density at radius 3 is 2.68 bits per heavy atom. The number of aryl methyl sites for hydroxylation is 1. The minimum atomic E-state index is -0.120. The first-order valence-corrected chi connectivity index (χ1v) is 9.30. The summed E-state index contributed by atoms with van der Waals surface area (Å²) >= 11 is 0. The second-order valence-corrected chi connectivity index (χ2v) is 6.99. The first kappa shape index (κ1) is 19.7. The largest absolute Gasteiger partial charge is 0.337 e. The van der Waals surface area contributed by atoms with Crippen molar-refractivity contribution in [3.63, 3.8) is 0 Å². The maximum Gasteiger partial charge on any atom is 0.261 e. The number of benzene rings is 1. The smallest absolute Gasteiger partial charge is 0.261 e. The molecular formula is C21H25N5O2. The van der Waals surface area contributed by atoms with Gasteiger partial charge in [0, 0.05) is 45.0 Å². The molecule has 2 heterocycles. The molecule has 0 N–H and O–H groups in total. The van der Waals surface area contributed by atoms with Gasteiger partial charge in [-0.1, -0.05) is 18.2 Å². The Labute approximate surface area is 164 Å². The van der Waals surface area contributed by atoms with E-state index in [4.69, 9.17) is 0 Å². The van der Waals surface area contributed by atoms with E-state index in [0.717, 1.165) is 12.1 Å². The number of hydrogen-bond donors (Lipinski definition) is 0. The number of para-hydroxylation sites is 1. The van der Waals surface area contributed by atoms with Gasteiger partial charge in [0.15, 0.2) is 0 Å². The van der Waals surface area contributed by atoms with Crippen LogP contribution in [-0.2, 0) is 17.9 Å². The fraction of sp³-hybridized carbons (Fsp3) is 0.333. The number of hydrogen-bond acceptors (Lipinski definition) is 5. The average molecular weight is 379 g/mol. The van der Waals surface area contributed by atoms with Crippen molar-refractivity contribution < 1.29 is 4.79 Å². The summed E-state index contributed by atoms with van der Waals surface area (Å²) in [7, 11) is 3.96.